The Labute approximate surface area is 193 Å². The summed E-state index contributed by atoms with van der Waals surface area (Å²) in [6, 6.07) is 11.6. The van der Waals surface area contributed by atoms with Crippen LogP contribution in [0.1, 0.15) is 17.0 Å². The fraction of sp³-hybridized carbons (Fsp3) is 0.304. The highest BCUT2D eigenvalue weighted by molar-refractivity contribution is 5.83. The lowest BCUT2D eigenvalue weighted by molar-refractivity contribution is 0.172. The monoisotopic (exact) mass is 466 g/mol. The molecular formula is C23H23FN6O4. The normalized spacial score (nSPS) is 13.0. The van der Waals surface area contributed by atoms with E-state index in [0.29, 0.717) is 61.3 Å². The fourth-order valence-electron chi connectivity index (χ4n) is 3.92. The third-order valence-electron chi connectivity index (χ3n) is 5.61. The smallest absolute Gasteiger partial charge is 0.252 e. The lowest BCUT2D eigenvalue weighted by Gasteiger charge is -2.21. The summed E-state index contributed by atoms with van der Waals surface area (Å²) in [5.74, 6) is 1.51. The number of benzene rings is 2. The molecule has 0 radical (unpaired) electrons. The van der Waals surface area contributed by atoms with Crippen LogP contribution in [-0.4, -0.2) is 61.6 Å². The van der Waals surface area contributed by atoms with Gasteiger partial charge in [-0.05, 0) is 40.3 Å². The van der Waals surface area contributed by atoms with Crippen molar-refractivity contribution in [1.29, 1.82) is 0 Å². The molecule has 34 heavy (non-hydrogen) atoms. The van der Waals surface area contributed by atoms with E-state index in [1.807, 2.05) is 17.0 Å². The Balaban J connectivity index is 1.37. The standard InChI is InChI=1S/C23H23FN6O4/c24-18-3-1-15(2-4-18)12-30-22(26-27-28-30)14-29(5-6-31)13-17-9-16-10-20-21(34-8-7-33-20)11-19(16)25-23(17)32/h1-4,9-11,31H,5-8,12-14H2,(H,25,32). The predicted molar refractivity (Wildman–Crippen MR) is 120 cm³/mol. The third kappa shape index (κ3) is 4.75. The lowest BCUT2D eigenvalue weighted by Crippen LogP contribution is -2.30. The van der Waals surface area contributed by atoms with Gasteiger partial charge in [-0.25, -0.2) is 9.07 Å². The maximum Gasteiger partial charge on any atom is 0.252 e. The van der Waals surface area contributed by atoms with E-state index in [1.54, 1.807) is 22.9 Å². The average Bonchev–Trinajstić information content (AvgIpc) is 3.26. The maximum atomic E-state index is 13.2. The van der Waals surface area contributed by atoms with Gasteiger partial charge in [0.25, 0.3) is 5.56 Å². The molecule has 2 N–H and O–H groups in total. The summed E-state index contributed by atoms with van der Waals surface area (Å²) >= 11 is 0. The van der Waals surface area contributed by atoms with Crippen LogP contribution in [0, 0.1) is 5.82 Å². The van der Waals surface area contributed by atoms with Crippen molar-refractivity contribution in [2.75, 3.05) is 26.4 Å². The number of fused-ring (bicyclic) bond motifs is 2. The van der Waals surface area contributed by atoms with E-state index in [0.717, 1.165) is 10.9 Å². The van der Waals surface area contributed by atoms with E-state index in [2.05, 4.69) is 20.5 Å². The van der Waals surface area contributed by atoms with Crippen molar-refractivity contribution >= 4 is 10.9 Å². The van der Waals surface area contributed by atoms with Gasteiger partial charge in [-0.3, -0.25) is 9.69 Å². The van der Waals surface area contributed by atoms with Gasteiger partial charge in [0.15, 0.2) is 17.3 Å². The molecular weight excluding hydrogens is 443 g/mol. The number of pyridine rings is 1. The molecule has 3 heterocycles. The van der Waals surface area contributed by atoms with Crippen LogP contribution >= 0.6 is 0 Å². The van der Waals surface area contributed by atoms with Crippen LogP contribution in [0.4, 0.5) is 4.39 Å². The predicted octanol–water partition coefficient (Wildman–Crippen LogP) is 1.47. The van der Waals surface area contributed by atoms with Crippen LogP contribution in [0.15, 0.2) is 47.3 Å². The number of aromatic nitrogens is 5. The molecule has 0 aliphatic carbocycles. The van der Waals surface area contributed by atoms with Crippen LogP contribution in [0.5, 0.6) is 11.5 Å². The first-order valence-corrected chi connectivity index (χ1v) is 10.9. The Morgan fingerprint density at radius 3 is 2.62 bits per heavy atom. The number of aromatic amines is 1. The average molecular weight is 466 g/mol. The number of aliphatic hydroxyl groups excluding tert-OH is 1. The molecule has 5 rings (SSSR count). The minimum atomic E-state index is -0.310. The molecule has 0 bridgehead atoms. The number of ether oxygens (including phenoxy) is 2. The molecule has 176 valence electrons. The molecule has 0 atom stereocenters. The van der Waals surface area contributed by atoms with E-state index < -0.39 is 0 Å². The van der Waals surface area contributed by atoms with Gasteiger partial charge in [0.05, 0.1) is 25.2 Å². The van der Waals surface area contributed by atoms with Crippen molar-refractivity contribution in [3.8, 4) is 11.5 Å². The first-order valence-electron chi connectivity index (χ1n) is 10.9. The number of nitrogens with one attached hydrogen (secondary N) is 1. The van der Waals surface area contributed by atoms with Crippen molar-refractivity contribution in [2.45, 2.75) is 19.6 Å². The van der Waals surface area contributed by atoms with Gasteiger partial charge < -0.3 is 19.6 Å². The Hall–Kier alpha value is -3.83. The van der Waals surface area contributed by atoms with E-state index in [1.165, 1.54) is 12.1 Å². The molecule has 4 aromatic rings. The van der Waals surface area contributed by atoms with E-state index >= 15 is 0 Å². The van der Waals surface area contributed by atoms with Gasteiger partial charge in [0.1, 0.15) is 19.0 Å². The number of nitrogens with zero attached hydrogens (tertiary/aromatic N) is 5. The topological polar surface area (TPSA) is 118 Å². The summed E-state index contributed by atoms with van der Waals surface area (Å²) in [6.45, 7) is 2.14. The second-order valence-electron chi connectivity index (χ2n) is 8.02. The Morgan fingerprint density at radius 1 is 1.09 bits per heavy atom. The molecule has 2 aromatic heterocycles. The number of aliphatic hydroxyl groups is 1. The number of hydrogen-bond donors (Lipinski definition) is 2. The number of H-pyrrole nitrogens is 1. The summed E-state index contributed by atoms with van der Waals surface area (Å²) in [4.78, 5) is 17.6. The Morgan fingerprint density at radius 2 is 1.85 bits per heavy atom. The molecule has 0 spiro atoms. The van der Waals surface area contributed by atoms with Gasteiger partial charge in [-0.2, -0.15) is 0 Å². The van der Waals surface area contributed by atoms with Crippen molar-refractivity contribution in [3.63, 3.8) is 0 Å². The highest BCUT2D eigenvalue weighted by Crippen LogP contribution is 2.33. The fourth-order valence-corrected chi connectivity index (χ4v) is 3.92. The number of hydrogen-bond acceptors (Lipinski definition) is 8. The van der Waals surface area contributed by atoms with E-state index in [4.69, 9.17) is 9.47 Å². The van der Waals surface area contributed by atoms with Gasteiger partial charge >= 0.3 is 0 Å². The molecule has 10 nitrogen and oxygen atoms in total. The quantitative estimate of drug-likeness (QED) is 0.401. The molecule has 11 heteroatoms. The summed E-state index contributed by atoms with van der Waals surface area (Å²) < 4.78 is 26.1. The molecule has 0 saturated carbocycles. The summed E-state index contributed by atoms with van der Waals surface area (Å²) in [7, 11) is 0. The van der Waals surface area contributed by atoms with Gasteiger partial charge in [0, 0.05) is 30.1 Å². The van der Waals surface area contributed by atoms with Crippen LogP contribution in [0.25, 0.3) is 10.9 Å². The van der Waals surface area contributed by atoms with E-state index in [-0.39, 0.29) is 24.5 Å². The molecule has 1 aliphatic rings. The summed E-state index contributed by atoms with van der Waals surface area (Å²) in [6.07, 6.45) is 0. The van der Waals surface area contributed by atoms with Crippen molar-refractivity contribution < 1.29 is 19.0 Å². The molecule has 0 unspecified atom stereocenters. The van der Waals surface area contributed by atoms with Crippen LogP contribution in [0.3, 0.4) is 0 Å². The molecule has 2 aromatic carbocycles. The summed E-state index contributed by atoms with van der Waals surface area (Å²) in [5, 5.41) is 22.3. The third-order valence-corrected chi connectivity index (χ3v) is 5.61. The molecule has 0 fully saturated rings. The zero-order valence-corrected chi connectivity index (χ0v) is 18.3. The summed E-state index contributed by atoms with van der Waals surface area (Å²) in [5.41, 5.74) is 1.83. The second kappa shape index (κ2) is 9.57. The van der Waals surface area contributed by atoms with Crippen LogP contribution in [0.2, 0.25) is 0 Å². The highest BCUT2D eigenvalue weighted by atomic mass is 19.1. The van der Waals surface area contributed by atoms with Crippen molar-refractivity contribution in [2.24, 2.45) is 0 Å². The SMILES string of the molecule is O=c1[nH]c2cc3c(cc2cc1CN(CCO)Cc1nnnn1Cc1ccc(F)cc1)OCCO3. The molecule has 1 aliphatic heterocycles. The van der Waals surface area contributed by atoms with Crippen LogP contribution < -0.4 is 15.0 Å². The first-order chi connectivity index (χ1) is 16.6. The second-order valence-corrected chi connectivity index (χ2v) is 8.02. The minimum Gasteiger partial charge on any atom is -0.486 e. The van der Waals surface area contributed by atoms with Crippen molar-refractivity contribution in [1.82, 2.24) is 30.1 Å². The van der Waals surface area contributed by atoms with Gasteiger partial charge in [-0.15, -0.1) is 5.10 Å². The number of halogens is 1. The zero-order chi connectivity index (χ0) is 23.5. The maximum absolute atomic E-state index is 13.2. The van der Waals surface area contributed by atoms with Gasteiger partial charge in [-0.1, -0.05) is 12.1 Å². The minimum absolute atomic E-state index is 0.0936. The van der Waals surface area contributed by atoms with Crippen LogP contribution in [-0.2, 0) is 19.6 Å². The Bertz CT molecular complexity index is 1350. The molecule has 0 saturated heterocycles. The Kier molecular flexibility index (Phi) is 6.19. The number of rotatable bonds is 8. The largest absolute Gasteiger partial charge is 0.486 e. The first kappa shape index (κ1) is 22.0. The zero-order valence-electron chi connectivity index (χ0n) is 18.3. The highest BCUT2D eigenvalue weighted by Gasteiger charge is 2.17. The lowest BCUT2D eigenvalue weighted by atomic mass is 10.1. The number of tetrazole rings is 1. The van der Waals surface area contributed by atoms with E-state index in [9.17, 15) is 14.3 Å². The molecule has 0 amide bonds. The van der Waals surface area contributed by atoms with Crippen molar-refractivity contribution in [3.05, 3.63) is 75.6 Å². The van der Waals surface area contributed by atoms with Gasteiger partial charge in [0.2, 0.25) is 0 Å².